The Morgan fingerprint density at radius 2 is 1.73 bits per heavy atom. The molecule has 0 saturated carbocycles. The maximum atomic E-state index is 14.7. The van der Waals surface area contributed by atoms with Gasteiger partial charge in [0.2, 0.25) is 12.3 Å². The van der Waals surface area contributed by atoms with Crippen molar-refractivity contribution < 1.29 is 33.7 Å². The molecule has 4 aromatic carbocycles. The van der Waals surface area contributed by atoms with E-state index < -0.39 is 18.0 Å². The van der Waals surface area contributed by atoms with Gasteiger partial charge in [-0.15, -0.1) is 0 Å². The van der Waals surface area contributed by atoms with Gasteiger partial charge in [0, 0.05) is 50.4 Å². The second-order valence-electron chi connectivity index (χ2n) is 12.7. The molecule has 1 aliphatic heterocycles. The lowest BCUT2D eigenvalue weighted by Gasteiger charge is -2.31. The summed E-state index contributed by atoms with van der Waals surface area (Å²) in [5.41, 5.74) is 5.88. The molecule has 268 valence electrons. The number of halogens is 1. The molecular weight excluding hydrogens is 653 g/mol. The van der Waals surface area contributed by atoms with Crippen LogP contribution in [0.4, 0.5) is 26.2 Å². The third kappa shape index (κ3) is 10.1. The van der Waals surface area contributed by atoms with Crippen LogP contribution in [0.2, 0.25) is 0 Å². The average molecular weight is 698 g/mol. The molecule has 3 amide bonds. The summed E-state index contributed by atoms with van der Waals surface area (Å²) in [6.45, 7) is 6.54. The van der Waals surface area contributed by atoms with Crippen molar-refractivity contribution in [3.8, 4) is 16.9 Å². The lowest BCUT2D eigenvalue weighted by molar-refractivity contribution is -0.116. The number of aryl methyl sites for hydroxylation is 2. The predicted octanol–water partition coefficient (Wildman–Crippen LogP) is 6.25. The van der Waals surface area contributed by atoms with Crippen LogP contribution in [0.15, 0.2) is 78.9 Å². The number of aliphatic hydroxyl groups excluding tert-OH is 1. The Morgan fingerprint density at radius 3 is 2.47 bits per heavy atom. The van der Waals surface area contributed by atoms with Crippen LogP contribution in [-0.2, 0) is 20.9 Å². The number of anilines is 3. The molecule has 1 heterocycles. The smallest absolute Gasteiger partial charge is 0.412 e. The van der Waals surface area contributed by atoms with Crippen LogP contribution in [0.3, 0.4) is 0 Å². The van der Waals surface area contributed by atoms with E-state index in [2.05, 4.69) is 26.2 Å². The van der Waals surface area contributed by atoms with Crippen molar-refractivity contribution in [2.75, 3.05) is 42.1 Å². The first-order valence-corrected chi connectivity index (χ1v) is 17.0. The highest BCUT2D eigenvalue weighted by atomic mass is 19.1. The Balaban J connectivity index is 1.03. The van der Waals surface area contributed by atoms with Crippen molar-refractivity contribution in [2.45, 2.75) is 51.9 Å². The Hall–Kier alpha value is -5.30. The number of piperidine rings is 1. The lowest BCUT2D eigenvalue weighted by Crippen LogP contribution is -2.39. The van der Waals surface area contributed by atoms with Crippen molar-refractivity contribution in [1.29, 1.82) is 0 Å². The van der Waals surface area contributed by atoms with Gasteiger partial charge in [0.15, 0.2) is 0 Å². The van der Waals surface area contributed by atoms with Gasteiger partial charge in [0.05, 0.1) is 17.5 Å². The number of para-hydroxylation sites is 1. The Morgan fingerprint density at radius 1 is 0.961 bits per heavy atom. The van der Waals surface area contributed by atoms with Gasteiger partial charge in [-0.3, -0.25) is 14.9 Å². The van der Waals surface area contributed by atoms with Crippen molar-refractivity contribution in [3.05, 3.63) is 107 Å². The summed E-state index contributed by atoms with van der Waals surface area (Å²) >= 11 is 0. The van der Waals surface area contributed by atoms with Gasteiger partial charge in [-0.05, 0) is 78.8 Å². The maximum Gasteiger partial charge on any atom is 0.412 e. The van der Waals surface area contributed by atoms with E-state index in [0.717, 1.165) is 27.9 Å². The molecule has 0 bridgehead atoms. The molecule has 1 unspecified atom stereocenters. The molecule has 51 heavy (non-hydrogen) atoms. The quantitative estimate of drug-likeness (QED) is 0.0669. The van der Waals surface area contributed by atoms with E-state index in [-0.39, 0.29) is 35.7 Å². The monoisotopic (exact) mass is 697 g/mol. The number of carbonyl (C=O) groups is 3. The number of phenolic OH excluding ortho intramolecular Hbond substituents is 1. The number of aromatic hydroxyl groups is 1. The maximum absolute atomic E-state index is 14.7. The number of carbonyl (C=O) groups excluding carboxylic acids is 3. The molecule has 0 radical (unpaired) electrons. The number of phenols is 1. The second kappa shape index (κ2) is 17.6. The molecule has 0 aromatic heterocycles. The lowest BCUT2D eigenvalue weighted by atomic mass is 10.0. The molecule has 5 rings (SSSR count). The minimum atomic E-state index is -0.852. The fourth-order valence-corrected chi connectivity index (χ4v) is 6.12. The molecule has 6 N–H and O–H groups in total. The number of aliphatic hydroxyl groups is 1. The van der Waals surface area contributed by atoms with Crippen LogP contribution in [0, 0.1) is 19.7 Å². The summed E-state index contributed by atoms with van der Waals surface area (Å²) in [5, 5.41) is 31.7. The Labute approximate surface area is 296 Å². The van der Waals surface area contributed by atoms with Crippen LogP contribution in [-0.4, -0.2) is 65.8 Å². The van der Waals surface area contributed by atoms with Crippen LogP contribution < -0.4 is 21.3 Å². The molecule has 0 aliphatic carbocycles. The number of amides is 3. The molecule has 1 saturated heterocycles. The largest absolute Gasteiger partial charge is 0.506 e. The zero-order valence-electron chi connectivity index (χ0n) is 28.7. The number of nitrogens with one attached hydrogen (secondary N) is 4. The molecule has 0 spiro atoms. The topological polar surface area (TPSA) is 152 Å². The van der Waals surface area contributed by atoms with Gasteiger partial charge in [0.1, 0.15) is 17.7 Å². The van der Waals surface area contributed by atoms with E-state index in [9.17, 15) is 29.0 Å². The first-order chi connectivity index (χ1) is 24.6. The van der Waals surface area contributed by atoms with Gasteiger partial charge in [-0.1, -0.05) is 54.6 Å². The number of likely N-dealkylation sites (tertiary alicyclic amines) is 1. The summed E-state index contributed by atoms with van der Waals surface area (Å²) in [7, 11) is 0. The van der Waals surface area contributed by atoms with Crippen LogP contribution >= 0.6 is 0 Å². The summed E-state index contributed by atoms with van der Waals surface area (Å²) in [5.74, 6) is -0.717. The van der Waals surface area contributed by atoms with Gasteiger partial charge in [-0.2, -0.15) is 0 Å². The van der Waals surface area contributed by atoms with Gasteiger partial charge < -0.3 is 35.8 Å². The Bertz CT molecular complexity index is 1830. The first kappa shape index (κ1) is 37.0. The summed E-state index contributed by atoms with van der Waals surface area (Å²) in [4.78, 5) is 38.5. The zero-order valence-corrected chi connectivity index (χ0v) is 28.7. The normalized spacial score (nSPS) is 14.0. The third-order valence-electron chi connectivity index (χ3n) is 9.02. The fourth-order valence-electron chi connectivity index (χ4n) is 6.12. The molecular formula is C39H44FN5O6. The van der Waals surface area contributed by atoms with Crippen molar-refractivity contribution in [1.82, 2.24) is 10.2 Å². The highest BCUT2D eigenvalue weighted by Gasteiger charge is 2.24. The van der Waals surface area contributed by atoms with Gasteiger partial charge >= 0.3 is 6.09 Å². The molecule has 11 nitrogen and oxygen atoms in total. The minimum absolute atomic E-state index is 0.0832. The third-order valence-corrected chi connectivity index (χ3v) is 9.02. The standard InChI is InChI=1S/C39H44FN5O6/c1-25-20-33(26(2)19-29(25)22-41-23-36(48)28-11-12-35(47)34(21-28)42-24-46)43-37(49)15-18-45-16-13-30(14-17-45)51-39(50)44-38-31(9-6-10-32(38)40)27-7-4-3-5-8-27/h3-12,19-21,24,30,36,41,47-48H,13-18,22-23H2,1-2H3,(H,42,46)(H,43,49)(H,44,50). The number of hydrogen-bond acceptors (Lipinski definition) is 8. The second-order valence-corrected chi connectivity index (χ2v) is 12.7. The van der Waals surface area contributed by atoms with Crippen molar-refractivity contribution in [3.63, 3.8) is 0 Å². The average Bonchev–Trinajstić information content (AvgIpc) is 3.12. The molecule has 4 aromatic rings. The van der Waals surface area contributed by atoms with Gasteiger partial charge in [-0.25, -0.2) is 9.18 Å². The van der Waals surface area contributed by atoms with E-state index in [1.165, 1.54) is 18.2 Å². The summed E-state index contributed by atoms with van der Waals surface area (Å²) in [6.07, 6.45) is 0.127. The molecule has 1 atom stereocenters. The number of hydrogen-bond donors (Lipinski definition) is 6. The minimum Gasteiger partial charge on any atom is -0.506 e. The summed E-state index contributed by atoms with van der Waals surface area (Å²) < 4.78 is 20.3. The summed E-state index contributed by atoms with van der Waals surface area (Å²) in [6, 6.07) is 22.4. The van der Waals surface area contributed by atoms with E-state index in [1.807, 2.05) is 56.3 Å². The molecule has 1 fully saturated rings. The molecule has 1 aliphatic rings. The molecule has 12 heteroatoms. The fraction of sp³-hybridized carbons (Fsp3) is 0.308. The predicted molar refractivity (Wildman–Crippen MR) is 195 cm³/mol. The number of nitrogens with zero attached hydrogens (tertiary/aromatic N) is 1. The van der Waals surface area contributed by atoms with E-state index >= 15 is 0 Å². The highest BCUT2D eigenvalue weighted by molar-refractivity contribution is 5.92. The SMILES string of the molecule is Cc1cc(NC(=O)CCN2CCC(OC(=O)Nc3c(F)cccc3-c3ccccc3)CC2)c(C)cc1CNCC(O)c1ccc(O)c(NC=O)c1. The highest BCUT2D eigenvalue weighted by Crippen LogP contribution is 2.31. The van der Waals surface area contributed by atoms with E-state index in [4.69, 9.17) is 4.74 Å². The van der Waals surface area contributed by atoms with Crippen LogP contribution in [0.5, 0.6) is 5.75 Å². The number of rotatable bonds is 14. The zero-order chi connectivity index (χ0) is 36.3. The van der Waals surface area contributed by atoms with Crippen molar-refractivity contribution in [2.24, 2.45) is 0 Å². The van der Waals surface area contributed by atoms with Crippen LogP contribution in [0.25, 0.3) is 11.1 Å². The number of benzene rings is 4. The van der Waals surface area contributed by atoms with Gasteiger partial charge in [0.25, 0.3) is 0 Å². The van der Waals surface area contributed by atoms with Crippen molar-refractivity contribution >= 4 is 35.5 Å². The number of ether oxygens (including phenoxy) is 1. The Kier molecular flexibility index (Phi) is 12.7. The first-order valence-electron chi connectivity index (χ1n) is 17.0. The van der Waals surface area contributed by atoms with E-state index in [1.54, 1.807) is 18.2 Å². The van der Waals surface area contributed by atoms with E-state index in [0.29, 0.717) is 63.0 Å². The van der Waals surface area contributed by atoms with Crippen LogP contribution in [0.1, 0.15) is 47.6 Å².